The molecule has 0 spiro atoms. The summed E-state index contributed by atoms with van der Waals surface area (Å²) in [6, 6.07) is 58.4. The van der Waals surface area contributed by atoms with Gasteiger partial charge in [0.05, 0.1) is 17.3 Å². The van der Waals surface area contributed by atoms with Crippen molar-refractivity contribution in [3.8, 4) is 55.1 Å². The number of rotatable bonds is 5. The second-order valence-electron chi connectivity index (χ2n) is 13.8. The Labute approximate surface area is 315 Å². The zero-order valence-corrected chi connectivity index (χ0v) is 29.8. The van der Waals surface area contributed by atoms with Crippen LogP contribution in [0.4, 0.5) is 0 Å². The van der Waals surface area contributed by atoms with Crippen molar-refractivity contribution < 1.29 is 4.42 Å². The first-order valence-electron chi connectivity index (χ1n) is 18.1. The summed E-state index contributed by atoms with van der Waals surface area (Å²) in [5.74, 6) is 0.800. The number of hydrogen-bond acceptors (Lipinski definition) is 4. The highest BCUT2D eigenvalue weighted by Crippen LogP contribution is 2.49. The van der Waals surface area contributed by atoms with Gasteiger partial charge in [0.2, 0.25) is 0 Å². The first-order chi connectivity index (χ1) is 26.8. The fourth-order valence-corrected chi connectivity index (χ4v) is 9.23. The van der Waals surface area contributed by atoms with Crippen LogP contribution in [0.2, 0.25) is 0 Å². The summed E-state index contributed by atoms with van der Waals surface area (Å²) >= 11 is 1.80. The zero-order valence-electron chi connectivity index (χ0n) is 29.0. The van der Waals surface area contributed by atoms with Crippen LogP contribution in [0.5, 0.6) is 0 Å². The number of furan rings is 1. The van der Waals surface area contributed by atoms with Crippen molar-refractivity contribution in [2.45, 2.75) is 0 Å². The first-order valence-corrected chi connectivity index (χ1v) is 18.9. The third-order valence-corrected chi connectivity index (χ3v) is 11.7. The Balaban J connectivity index is 1.22. The number of aromatic nitrogens is 2. The minimum atomic E-state index is 0.800. The third-order valence-electron chi connectivity index (χ3n) is 10.6. The van der Waals surface area contributed by atoms with Crippen molar-refractivity contribution in [3.05, 3.63) is 182 Å². The lowest BCUT2D eigenvalue weighted by Crippen LogP contribution is -1.95. The molecule has 0 atom stereocenters. The van der Waals surface area contributed by atoms with Crippen molar-refractivity contribution in [1.29, 1.82) is 0 Å². The van der Waals surface area contributed by atoms with Gasteiger partial charge in [-0.2, -0.15) is 0 Å². The number of nitrogens with zero attached hydrogens (tertiary/aromatic N) is 2. The van der Waals surface area contributed by atoms with Crippen molar-refractivity contribution >= 4 is 64.8 Å². The molecule has 0 aliphatic carbocycles. The van der Waals surface area contributed by atoms with E-state index >= 15 is 0 Å². The molecule has 4 aromatic heterocycles. The lowest BCUT2D eigenvalue weighted by Gasteiger charge is -2.17. The zero-order chi connectivity index (χ0) is 35.6. The highest BCUT2D eigenvalue weighted by molar-refractivity contribution is 7.22. The molecule has 4 heteroatoms. The Kier molecular flexibility index (Phi) is 7.04. The van der Waals surface area contributed by atoms with Crippen molar-refractivity contribution in [1.82, 2.24) is 9.97 Å². The SMILES string of the molecule is c1ccc(-c2ccc(-c3cnc4c(c3)c(-c3ccco3)c(-c3cc5ccccc5s3)c3cc(-c5c6ccccc6cc6ccccc56)cnc34)cc2)cc1. The van der Waals surface area contributed by atoms with E-state index in [0.29, 0.717) is 0 Å². The van der Waals surface area contributed by atoms with Crippen molar-refractivity contribution in [2.75, 3.05) is 0 Å². The van der Waals surface area contributed by atoms with Crippen molar-refractivity contribution in [2.24, 2.45) is 0 Å². The van der Waals surface area contributed by atoms with Crippen LogP contribution in [0, 0.1) is 0 Å². The van der Waals surface area contributed by atoms with E-state index < -0.39 is 0 Å². The number of benzene rings is 7. The molecule has 0 bridgehead atoms. The van der Waals surface area contributed by atoms with E-state index in [-0.39, 0.29) is 0 Å². The van der Waals surface area contributed by atoms with Crippen molar-refractivity contribution in [3.63, 3.8) is 0 Å². The van der Waals surface area contributed by atoms with Crippen LogP contribution in [0.25, 0.3) is 109 Å². The third kappa shape index (κ3) is 4.96. The molecule has 0 unspecified atom stereocenters. The molecule has 7 aromatic carbocycles. The molecule has 3 nitrogen and oxygen atoms in total. The van der Waals surface area contributed by atoms with Crippen LogP contribution in [0.15, 0.2) is 187 Å². The van der Waals surface area contributed by atoms with Gasteiger partial charge in [0, 0.05) is 55.0 Å². The summed E-state index contributed by atoms with van der Waals surface area (Å²) in [6.45, 7) is 0. The number of pyridine rings is 2. The summed E-state index contributed by atoms with van der Waals surface area (Å²) in [5, 5.41) is 8.08. The lowest BCUT2D eigenvalue weighted by molar-refractivity contribution is 0.583. The molecule has 0 fully saturated rings. The molecule has 4 heterocycles. The summed E-state index contributed by atoms with van der Waals surface area (Å²) < 4.78 is 7.55. The molecule has 0 amide bonds. The Morgan fingerprint density at radius 1 is 0.389 bits per heavy atom. The molecule has 11 rings (SSSR count). The van der Waals surface area contributed by atoms with Crippen LogP contribution >= 0.6 is 11.3 Å². The average Bonchev–Trinajstić information content (AvgIpc) is 3.93. The molecule has 54 heavy (non-hydrogen) atoms. The van der Waals surface area contributed by atoms with Crippen LogP contribution in [-0.2, 0) is 0 Å². The highest BCUT2D eigenvalue weighted by Gasteiger charge is 2.24. The van der Waals surface area contributed by atoms with Gasteiger partial charge in [-0.25, -0.2) is 0 Å². The van der Waals surface area contributed by atoms with E-state index in [1.807, 2.05) is 24.5 Å². The van der Waals surface area contributed by atoms with Crippen LogP contribution in [-0.4, -0.2) is 9.97 Å². The van der Waals surface area contributed by atoms with E-state index in [2.05, 4.69) is 152 Å². The van der Waals surface area contributed by atoms with Gasteiger partial charge in [0.25, 0.3) is 0 Å². The minimum Gasteiger partial charge on any atom is -0.464 e. The smallest absolute Gasteiger partial charge is 0.135 e. The Morgan fingerprint density at radius 2 is 0.963 bits per heavy atom. The first kappa shape index (κ1) is 30.7. The van der Waals surface area contributed by atoms with Gasteiger partial charge in [-0.05, 0) is 91.6 Å². The molecule has 0 radical (unpaired) electrons. The van der Waals surface area contributed by atoms with Gasteiger partial charge in [-0.1, -0.05) is 121 Å². The molecule has 0 aliphatic heterocycles. The van der Waals surface area contributed by atoms with E-state index in [1.165, 1.54) is 48.3 Å². The predicted octanol–water partition coefficient (Wildman–Crippen LogP) is 14.2. The maximum absolute atomic E-state index is 6.31. The molecular formula is C50H30N2OS. The molecule has 11 aromatic rings. The van der Waals surface area contributed by atoms with E-state index in [4.69, 9.17) is 14.4 Å². The highest BCUT2D eigenvalue weighted by atomic mass is 32.1. The van der Waals surface area contributed by atoms with Gasteiger partial charge in [-0.3, -0.25) is 9.97 Å². The van der Waals surface area contributed by atoms with Crippen LogP contribution < -0.4 is 0 Å². The van der Waals surface area contributed by atoms with Crippen LogP contribution in [0.1, 0.15) is 0 Å². The second kappa shape index (κ2) is 12.4. The maximum Gasteiger partial charge on any atom is 0.135 e. The van der Waals surface area contributed by atoms with E-state index in [1.54, 1.807) is 17.6 Å². The fourth-order valence-electron chi connectivity index (χ4n) is 8.10. The molecule has 0 saturated heterocycles. The Morgan fingerprint density at radius 3 is 1.65 bits per heavy atom. The summed E-state index contributed by atoms with van der Waals surface area (Å²) in [7, 11) is 0. The molecule has 252 valence electrons. The number of hydrogen-bond donors (Lipinski definition) is 0. The van der Waals surface area contributed by atoms with Crippen LogP contribution in [0.3, 0.4) is 0 Å². The van der Waals surface area contributed by atoms with Gasteiger partial charge in [-0.15, -0.1) is 11.3 Å². The normalized spacial score (nSPS) is 11.7. The van der Waals surface area contributed by atoms with E-state index in [9.17, 15) is 0 Å². The van der Waals surface area contributed by atoms with Gasteiger partial charge >= 0.3 is 0 Å². The molecule has 0 N–H and O–H groups in total. The number of fused-ring (bicyclic) bond motifs is 6. The van der Waals surface area contributed by atoms with E-state index in [0.717, 1.165) is 60.3 Å². The summed E-state index contributed by atoms with van der Waals surface area (Å²) in [6.07, 6.45) is 5.78. The molecular weight excluding hydrogens is 677 g/mol. The summed E-state index contributed by atoms with van der Waals surface area (Å²) in [4.78, 5) is 11.7. The monoisotopic (exact) mass is 706 g/mol. The Hall–Kier alpha value is -6.88. The average molecular weight is 707 g/mol. The molecule has 0 saturated carbocycles. The summed E-state index contributed by atoms with van der Waals surface area (Å²) in [5.41, 5.74) is 10.6. The molecule has 0 aliphatic rings. The predicted molar refractivity (Wildman–Crippen MR) is 227 cm³/mol. The fraction of sp³-hybridized carbons (Fsp3) is 0. The topological polar surface area (TPSA) is 38.9 Å². The van der Waals surface area contributed by atoms with Gasteiger partial charge < -0.3 is 4.42 Å². The Bertz CT molecular complexity index is 3110. The largest absolute Gasteiger partial charge is 0.464 e. The second-order valence-corrected chi connectivity index (χ2v) is 14.8. The quantitative estimate of drug-likeness (QED) is 0.132. The van der Waals surface area contributed by atoms with Gasteiger partial charge in [0.1, 0.15) is 5.76 Å². The number of thiophene rings is 1. The maximum atomic E-state index is 6.31. The minimum absolute atomic E-state index is 0.800. The van der Waals surface area contributed by atoms with Gasteiger partial charge in [0.15, 0.2) is 0 Å². The standard InChI is InChI=1S/C50H30N2OS/c1-2-11-31(12-3-1)32-20-22-33(23-21-32)37-26-41-47(43-18-10-24-53-43)48(45-28-36-15-6-9-19-44(36)54-45)42-27-38(30-52-50(42)49(41)51-29-37)46-39-16-7-4-13-34(39)25-35-14-5-8-17-40(35)46/h1-30H. The lowest BCUT2D eigenvalue weighted by atomic mass is 9.89.